The summed E-state index contributed by atoms with van der Waals surface area (Å²) in [6.45, 7) is 11.8. The molecule has 6 heteroatoms. The van der Waals surface area contributed by atoms with Crippen LogP contribution in [0.1, 0.15) is 40.5 Å². The van der Waals surface area contributed by atoms with Gasteiger partial charge in [-0.2, -0.15) is 0 Å². The Bertz CT molecular complexity index is 268. The van der Waals surface area contributed by atoms with E-state index in [1.807, 2.05) is 6.92 Å². The fraction of sp³-hybridized carbons (Fsp3) is 0.933. The standard InChI is InChI=1S/C15H33N3O2.HI/c1-7-20-11-9-8-10-17-14(16-5)18-12-13(19-6)15(2,3)4;/h13H,7-12H2,1-6H3,(H2,16,17,18);1H. The average molecular weight is 415 g/mol. The van der Waals surface area contributed by atoms with Crippen LogP contribution in [-0.4, -0.2) is 52.5 Å². The molecule has 2 N–H and O–H groups in total. The molecule has 128 valence electrons. The van der Waals surface area contributed by atoms with Crippen molar-refractivity contribution in [3.8, 4) is 0 Å². The summed E-state index contributed by atoms with van der Waals surface area (Å²) in [5.74, 6) is 0.827. The highest BCUT2D eigenvalue weighted by Crippen LogP contribution is 2.20. The first-order valence-corrected chi connectivity index (χ1v) is 7.50. The zero-order valence-corrected chi connectivity index (χ0v) is 16.8. The molecule has 0 aliphatic rings. The molecule has 0 aliphatic carbocycles. The van der Waals surface area contributed by atoms with E-state index < -0.39 is 0 Å². The van der Waals surface area contributed by atoms with Gasteiger partial charge in [0.05, 0.1) is 6.10 Å². The van der Waals surface area contributed by atoms with E-state index in [1.165, 1.54) is 0 Å². The van der Waals surface area contributed by atoms with E-state index in [0.717, 1.165) is 45.1 Å². The van der Waals surface area contributed by atoms with Crippen molar-refractivity contribution in [3.05, 3.63) is 0 Å². The first-order chi connectivity index (χ1) is 9.45. The van der Waals surface area contributed by atoms with Crippen molar-refractivity contribution in [2.45, 2.75) is 46.6 Å². The van der Waals surface area contributed by atoms with Crippen LogP contribution in [-0.2, 0) is 9.47 Å². The topological polar surface area (TPSA) is 54.9 Å². The molecule has 0 aliphatic heterocycles. The van der Waals surface area contributed by atoms with Crippen LogP contribution in [0.25, 0.3) is 0 Å². The number of aliphatic imine (C=N–C) groups is 1. The van der Waals surface area contributed by atoms with E-state index in [0.29, 0.717) is 0 Å². The zero-order valence-electron chi connectivity index (χ0n) is 14.5. The van der Waals surface area contributed by atoms with Crippen LogP contribution in [0.5, 0.6) is 0 Å². The molecule has 0 saturated carbocycles. The fourth-order valence-corrected chi connectivity index (χ4v) is 1.83. The second-order valence-corrected chi connectivity index (χ2v) is 5.87. The van der Waals surface area contributed by atoms with Crippen LogP contribution in [0.15, 0.2) is 4.99 Å². The molecular weight excluding hydrogens is 381 g/mol. The van der Waals surface area contributed by atoms with E-state index in [2.05, 4.69) is 36.4 Å². The van der Waals surface area contributed by atoms with Gasteiger partial charge in [-0.25, -0.2) is 0 Å². The third kappa shape index (κ3) is 12.2. The predicted octanol–water partition coefficient (Wildman–Crippen LogP) is 2.65. The largest absolute Gasteiger partial charge is 0.382 e. The van der Waals surface area contributed by atoms with Gasteiger partial charge >= 0.3 is 0 Å². The smallest absolute Gasteiger partial charge is 0.191 e. The third-order valence-electron chi connectivity index (χ3n) is 3.14. The van der Waals surface area contributed by atoms with Crippen molar-refractivity contribution in [1.82, 2.24) is 10.6 Å². The summed E-state index contributed by atoms with van der Waals surface area (Å²) in [5, 5.41) is 6.62. The van der Waals surface area contributed by atoms with Gasteiger partial charge in [0, 0.05) is 40.5 Å². The fourth-order valence-electron chi connectivity index (χ4n) is 1.83. The van der Waals surface area contributed by atoms with Crippen molar-refractivity contribution in [2.75, 3.05) is 40.5 Å². The molecule has 0 rings (SSSR count). The Morgan fingerprint density at radius 2 is 1.86 bits per heavy atom. The highest BCUT2D eigenvalue weighted by Gasteiger charge is 2.24. The molecule has 0 bridgehead atoms. The molecule has 1 unspecified atom stereocenters. The molecule has 1 atom stereocenters. The maximum absolute atomic E-state index is 5.52. The second-order valence-electron chi connectivity index (χ2n) is 5.87. The maximum atomic E-state index is 5.52. The summed E-state index contributed by atoms with van der Waals surface area (Å²) < 4.78 is 10.8. The van der Waals surface area contributed by atoms with Gasteiger partial charge in [0.2, 0.25) is 0 Å². The van der Waals surface area contributed by atoms with Gasteiger partial charge in [-0.1, -0.05) is 20.8 Å². The Morgan fingerprint density at radius 1 is 1.19 bits per heavy atom. The van der Waals surface area contributed by atoms with Crippen molar-refractivity contribution in [3.63, 3.8) is 0 Å². The van der Waals surface area contributed by atoms with Crippen LogP contribution in [0.3, 0.4) is 0 Å². The minimum absolute atomic E-state index is 0. The molecule has 21 heavy (non-hydrogen) atoms. The number of ether oxygens (including phenoxy) is 2. The highest BCUT2D eigenvalue weighted by atomic mass is 127. The molecule has 5 nitrogen and oxygen atoms in total. The molecule has 0 saturated heterocycles. The Balaban J connectivity index is 0. The number of nitrogens with one attached hydrogen (secondary N) is 2. The summed E-state index contributed by atoms with van der Waals surface area (Å²) in [4.78, 5) is 4.22. The quantitative estimate of drug-likeness (QED) is 0.263. The number of rotatable bonds is 9. The van der Waals surface area contributed by atoms with Crippen molar-refractivity contribution in [2.24, 2.45) is 10.4 Å². The van der Waals surface area contributed by atoms with E-state index in [-0.39, 0.29) is 35.5 Å². The molecule has 0 aromatic carbocycles. The van der Waals surface area contributed by atoms with Gasteiger partial charge in [-0.3, -0.25) is 4.99 Å². The van der Waals surface area contributed by atoms with Crippen LogP contribution in [0.2, 0.25) is 0 Å². The van der Waals surface area contributed by atoms with Crippen molar-refractivity contribution < 1.29 is 9.47 Å². The van der Waals surface area contributed by atoms with Gasteiger partial charge in [-0.15, -0.1) is 24.0 Å². The highest BCUT2D eigenvalue weighted by molar-refractivity contribution is 14.0. The summed E-state index contributed by atoms with van der Waals surface area (Å²) in [6, 6.07) is 0. The number of guanidine groups is 1. The predicted molar refractivity (Wildman–Crippen MR) is 101 cm³/mol. The lowest BCUT2D eigenvalue weighted by Crippen LogP contribution is -2.45. The van der Waals surface area contributed by atoms with Crippen LogP contribution in [0, 0.1) is 5.41 Å². The van der Waals surface area contributed by atoms with E-state index in [1.54, 1.807) is 14.2 Å². The first-order valence-electron chi connectivity index (χ1n) is 7.50. The van der Waals surface area contributed by atoms with E-state index in [4.69, 9.17) is 9.47 Å². The number of halogens is 1. The van der Waals surface area contributed by atoms with Crippen molar-refractivity contribution in [1.29, 1.82) is 0 Å². The Morgan fingerprint density at radius 3 is 2.33 bits per heavy atom. The monoisotopic (exact) mass is 415 g/mol. The maximum Gasteiger partial charge on any atom is 0.191 e. The Labute approximate surface area is 147 Å². The second kappa shape index (κ2) is 13.6. The lowest BCUT2D eigenvalue weighted by atomic mass is 9.89. The summed E-state index contributed by atoms with van der Waals surface area (Å²) in [5.41, 5.74) is 0.109. The average Bonchev–Trinajstić information content (AvgIpc) is 2.39. The van der Waals surface area contributed by atoms with Crippen molar-refractivity contribution >= 4 is 29.9 Å². The van der Waals surface area contributed by atoms with Crippen LogP contribution in [0.4, 0.5) is 0 Å². The third-order valence-corrected chi connectivity index (χ3v) is 3.14. The minimum Gasteiger partial charge on any atom is -0.382 e. The van der Waals surface area contributed by atoms with Gasteiger partial charge < -0.3 is 20.1 Å². The van der Waals surface area contributed by atoms with Gasteiger partial charge in [-0.05, 0) is 25.2 Å². The minimum atomic E-state index is 0. The Hall–Kier alpha value is -0.0800. The summed E-state index contributed by atoms with van der Waals surface area (Å²) >= 11 is 0. The molecule has 0 heterocycles. The molecule has 0 amide bonds. The van der Waals surface area contributed by atoms with Gasteiger partial charge in [0.1, 0.15) is 0 Å². The number of hydrogen-bond acceptors (Lipinski definition) is 3. The molecule has 0 aromatic heterocycles. The zero-order chi connectivity index (χ0) is 15.4. The van der Waals surface area contributed by atoms with Gasteiger partial charge in [0.25, 0.3) is 0 Å². The molecule has 0 aromatic rings. The number of hydrogen-bond donors (Lipinski definition) is 2. The van der Waals surface area contributed by atoms with E-state index in [9.17, 15) is 0 Å². The van der Waals surface area contributed by atoms with Crippen LogP contribution < -0.4 is 10.6 Å². The first kappa shape index (κ1) is 23.2. The Kier molecular flexibility index (Phi) is 15.0. The SMILES string of the molecule is CCOCCCCNC(=NC)NCC(OC)C(C)(C)C.I. The number of nitrogens with zero attached hydrogens (tertiary/aromatic N) is 1. The summed E-state index contributed by atoms with van der Waals surface area (Å²) in [6.07, 6.45) is 2.30. The van der Waals surface area contributed by atoms with Crippen LogP contribution >= 0.6 is 24.0 Å². The number of unbranched alkanes of at least 4 members (excludes halogenated alkanes) is 1. The lowest BCUT2D eigenvalue weighted by Gasteiger charge is -2.30. The molecular formula is C15H34IN3O2. The normalized spacial score (nSPS) is 13.5. The lowest BCUT2D eigenvalue weighted by molar-refractivity contribution is 0.0205. The van der Waals surface area contributed by atoms with E-state index >= 15 is 0 Å². The molecule has 0 radical (unpaired) electrons. The number of methoxy groups -OCH3 is 1. The summed E-state index contributed by atoms with van der Waals surface area (Å²) in [7, 11) is 3.54. The molecule has 0 fully saturated rings. The molecule has 0 spiro atoms. The van der Waals surface area contributed by atoms with Gasteiger partial charge in [0.15, 0.2) is 5.96 Å².